The highest BCUT2D eigenvalue weighted by Gasteiger charge is 2.26. The first kappa shape index (κ1) is 17.6. The summed E-state index contributed by atoms with van der Waals surface area (Å²) in [6.07, 6.45) is 2.22. The maximum absolute atomic E-state index is 5.56. The number of hydrogen-bond acceptors (Lipinski definition) is 4. The number of rotatable bonds is 7. The van der Waals surface area contributed by atoms with Gasteiger partial charge in [-0.1, -0.05) is 12.1 Å². The summed E-state index contributed by atoms with van der Waals surface area (Å²) in [5.41, 5.74) is 2.61. The summed E-state index contributed by atoms with van der Waals surface area (Å²) in [5.74, 6) is 3.27. The van der Waals surface area contributed by atoms with Crippen molar-refractivity contribution in [2.45, 2.75) is 18.8 Å². The Morgan fingerprint density at radius 2 is 1.64 bits per heavy atom. The monoisotopic (exact) mass is 341 g/mol. The van der Waals surface area contributed by atoms with Gasteiger partial charge in [0.15, 0.2) is 0 Å². The molecular weight excluding hydrogens is 314 g/mol. The number of likely N-dealkylation sites (tertiary alicyclic amines) is 1. The lowest BCUT2D eigenvalue weighted by molar-refractivity contribution is 0.336. The molecule has 2 aromatic rings. The largest absolute Gasteiger partial charge is 0.497 e. The van der Waals surface area contributed by atoms with Gasteiger partial charge < -0.3 is 19.1 Å². The zero-order chi connectivity index (χ0) is 17.6. The van der Waals surface area contributed by atoms with E-state index in [9.17, 15) is 0 Å². The number of nitrogens with zero attached hydrogens (tertiary/aromatic N) is 1. The van der Waals surface area contributed by atoms with Crippen molar-refractivity contribution in [1.82, 2.24) is 4.90 Å². The normalized spacial score (nSPS) is 17.5. The van der Waals surface area contributed by atoms with Crippen LogP contribution in [0.15, 0.2) is 42.5 Å². The maximum Gasteiger partial charge on any atom is 0.122 e. The molecule has 1 atom stereocenters. The summed E-state index contributed by atoms with van der Waals surface area (Å²) in [6, 6.07) is 14.4. The van der Waals surface area contributed by atoms with Crippen molar-refractivity contribution in [2.24, 2.45) is 0 Å². The second-order valence-corrected chi connectivity index (χ2v) is 6.49. The van der Waals surface area contributed by atoms with Gasteiger partial charge in [-0.3, -0.25) is 0 Å². The first-order chi connectivity index (χ1) is 12.2. The molecule has 3 rings (SSSR count). The Balaban J connectivity index is 1.59. The Kier molecular flexibility index (Phi) is 5.82. The minimum absolute atomic E-state index is 0.501. The van der Waals surface area contributed by atoms with E-state index in [1.165, 1.54) is 11.1 Å². The van der Waals surface area contributed by atoms with Gasteiger partial charge in [0.2, 0.25) is 0 Å². The van der Waals surface area contributed by atoms with Crippen molar-refractivity contribution in [1.29, 1.82) is 0 Å². The van der Waals surface area contributed by atoms with E-state index in [0.29, 0.717) is 5.92 Å². The lowest BCUT2D eigenvalue weighted by atomic mass is 9.97. The summed E-state index contributed by atoms with van der Waals surface area (Å²) in [4.78, 5) is 2.54. The van der Waals surface area contributed by atoms with Crippen LogP contribution in [0.5, 0.6) is 17.2 Å². The fourth-order valence-corrected chi connectivity index (χ4v) is 3.53. The van der Waals surface area contributed by atoms with Gasteiger partial charge in [0.1, 0.15) is 17.2 Å². The van der Waals surface area contributed by atoms with Gasteiger partial charge in [-0.25, -0.2) is 0 Å². The van der Waals surface area contributed by atoms with Gasteiger partial charge in [-0.15, -0.1) is 0 Å². The predicted molar refractivity (Wildman–Crippen MR) is 100 cm³/mol. The molecule has 1 saturated heterocycles. The molecule has 1 heterocycles. The van der Waals surface area contributed by atoms with Gasteiger partial charge in [0, 0.05) is 24.6 Å². The van der Waals surface area contributed by atoms with Crippen molar-refractivity contribution in [3.05, 3.63) is 53.6 Å². The zero-order valence-electron chi connectivity index (χ0n) is 15.3. The van der Waals surface area contributed by atoms with Gasteiger partial charge in [-0.05, 0) is 55.3 Å². The fraction of sp³-hybridized carbons (Fsp3) is 0.429. The summed E-state index contributed by atoms with van der Waals surface area (Å²) in [7, 11) is 5.15. The van der Waals surface area contributed by atoms with Gasteiger partial charge in [0.05, 0.1) is 21.3 Å². The van der Waals surface area contributed by atoms with E-state index in [1.54, 1.807) is 21.3 Å². The number of hydrogen-bond donors (Lipinski definition) is 0. The molecule has 1 unspecified atom stereocenters. The first-order valence-electron chi connectivity index (χ1n) is 8.80. The third-order valence-corrected chi connectivity index (χ3v) is 5.02. The summed E-state index contributed by atoms with van der Waals surface area (Å²) >= 11 is 0. The molecule has 0 aliphatic carbocycles. The average Bonchev–Trinajstić information content (AvgIpc) is 3.15. The van der Waals surface area contributed by atoms with Crippen molar-refractivity contribution in [3.8, 4) is 17.2 Å². The molecule has 0 saturated carbocycles. The first-order valence-corrected chi connectivity index (χ1v) is 8.80. The summed E-state index contributed by atoms with van der Waals surface area (Å²) in [5, 5.41) is 0. The summed E-state index contributed by atoms with van der Waals surface area (Å²) < 4.78 is 16.2. The van der Waals surface area contributed by atoms with Crippen LogP contribution in [0.1, 0.15) is 23.5 Å². The van der Waals surface area contributed by atoms with E-state index in [1.807, 2.05) is 24.3 Å². The number of ether oxygens (including phenoxy) is 3. The predicted octanol–water partition coefficient (Wildman–Crippen LogP) is 3.74. The van der Waals surface area contributed by atoms with E-state index in [4.69, 9.17) is 14.2 Å². The van der Waals surface area contributed by atoms with Crippen LogP contribution in [0, 0.1) is 0 Å². The van der Waals surface area contributed by atoms with E-state index in [0.717, 1.165) is 49.7 Å². The molecule has 2 aromatic carbocycles. The van der Waals surface area contributed by atoms with Crippen molar-refractivity contribution in [2.75, 3.05) is 41.0 Å². The van der Waals surface area contributed by atoms with E-state index in [-0.39, 0.29) is 0 Å². The van der Waals surface area contributed by atoms with Crippen LogP contribution in [-0.2, 0) is 6.42 Å². The van der Waals surface area contributed by atoms with Crippen LogP contribution in [-0.4, -0.2) is 45.9 Å². The highest BCUT2D eigenvalue weighted by atomic mass is 16.5. The highest BCUT2D eigenvalue weighted by molar-refractivity contribution is 5.43. The zero-order valence-corrected chi connectivity index (χ0v) is 15.3. The highest BCUT2D eigenvalue weighted by Crippen LogP contribution is 2.36. The molecule has 0 spiro atoms. The second-order valence-electron chi connectivity index (χ2n) is 6.49. The van der Waals surface area contributed by atoms with Gasteiger partial charge in [0.25, 0.3) is 0 Å². The minimum atomic E-state index is 0.501. The van der Waals surface area contributed by atoms with Crippen LogP contribution < -0.4 is 14.2 Å². The second kappa shape index (κ2) is 8.26. The molecule has 0 amide bonds. The standard InChI is InChI=1S/C21H27NO3/c1-23-18-6-4-16(5-7-18)10-12-22-13-11-17(15-22)20-14-19(24-2)8-9-21(20)25-3/h4-9,14,17H,10-13,15H2,1-3H3. The Morgan fingerprint density at radius 3 is 2.32 bits per heavy atom. The molecule has 25 heavy (non-hydrogen) atoms. The molecule has 1 aliphatic heterocycles. The third kappa shape index (κ3) is 4.26. The van der Waals surface area contributed by atoms with Crippen LogP contribution in [0.3, 0.4) is 0 Å². The van der Waals surface area contributed by atoms with Crippen molar-refractivity contribution in [3.63, 3.8) is 0 Å². The quantitative estimate of drug-likeness (QED) is 0.767. The van der Waals surface area contributed by atoms with Crippen molar-refractivity contribution < 1.29 is 14.2 Å². The number of methoxy groups -OCH3 is 3. The maximum atomic E-state index is 5.56. The van der Waals surface area contributed by atoms with E-state index in [2.05, 4.69) is 23.1 Å². The molecule has 0 aromatic heterocycles. The lowest BCUT2D eigenvalue weighted by Gasteiger charge is -2.18. The Morgan fingerprint density at radius 1 is 0.920 bits per heavy atom. The molecule has 1 fully saturated rings. The van der Waals surface area contributed by atoms with Crippen LogP contribution in [0.25, 0.3) is 0 Å². The van der Waals surface area contributed by atoms with Crippen molar-refractivity contribution >= 4 is 0 Å². The lowest BCUT2D eigenvalue weighted by Crippen LogP contribution is -2.23. The Labute approximate surface area is 150 Å². The molecule has 4 heteroatoms. The fourth-order valence-electron chi connectivity index (χ4n) is 3.53. The Hall–Kier alpha value is -2.20. The molecule has 0 radical (unpaired) electrons. The van der Waals surface area contributed by atoms with Crippen LogP contribution in [0.4, 0.5) is 0 Å². The molecule has 1 aliphatic rings. The SMILES string of the molecule is COc1ccc(CCN2CCC(c3cc(OC)ccc3OC)C2)cc1. The van der Waals surface area contributed by atoms with E-state index < -0.39 is 0 Å². The molecule has 0 bridgehead atoms. The molecular formula is C21H27NO3. The third-order valence-electron chi connectivity index (χ3n) is 5.02. The average molecular weight is 341 g/mol. The summed E-state index contributed by atoms with van der Waals surface area (Å²) in [6.45, 7) is 3.27. The minimum Gasteiger partial charge on any atom is -0.497 e. The van der Waals surface area contributed by atoms with Crippen LogP contribution >= 0.6 is 0 Å². The topological polar surface area (TPSA) is 30.9 Å². The Bertz CT molecular complexity index is 684. The van der Waals surface area contributed by atoms with E-state index >= 15 is 0 Å². The van der Waals surface area contributed by atoms with Gasteiger partial charge >= 0.3 is 0 Å². The molecule has 4 nitrogen and oxygen atoms in total. The molecule has 134 valence electrons. The number of benzene rings is 2. The van der Waals surface area contributed by atoms with Crippen LogP contribution in [0.2, 0.25) is 0 Å². The smallest absolute Gasteiger partial charge is 0.122 e. The molecule has 0 N–H and O–H groups in total. The van der Waals surface area contributed by atoms with Gasteiger partial charge in [-0.2, -0.15) is 0 Å².